The van der Waals surface area contributed by atoms with E-state index >= 15 is 0 Å². The summed E-state index contributed by atoms with van der Waals surface area (Å²) in [6.45, 7) is 0. The van der Waals surface area contributed by atoms with Gasteiger partial charge in [0.2, 0.25) is 0 Å². The van der Waals surface area contributed by atoms with Gasteiger partial charge in [-0.05, 0) is 50.6 Å². The van der Waals surface area contributed by atoms with E-state index in [0.29, 0.717) is 0 Å². The molecule has 1 aliphatic rings. The molecule has 0 saturated heterocycles. The molecule has 1 aliphatic carbocycles. The lowest BCUT2D eigenvalue weighted by atomic mass is 9.93. The topological polar surface area (TPSA) is 0 Å². The first-order valence-corrected chi connectivity index (χ1v) is 8.10. The Kier molecular flexibility index (Phi) is 2.65. The van der Waals surface area contributed by atoms with Crippen LogP contribution in [0.3, 0.4) is 0 Å². The van der Waals surface area contributed by atoms with Gasteiger partial charge in [0.25, 0.3) is 0 Å². The van der Waals surface area contributed by atoms with Crippen LogP contribution < -0.4 is 0 Å². The van der Waals surface area contributed by atoms with Gasteiger partial charge in [-0.1, -0.05) is 84.9 Å². The summed E-state index contributed by atoms with van der Waals surface area (Å²) in [7, 11) is 0. The molecular formula is C23H16. The molecule has 0 atom stereocenters. The Hall–Kier alpha value is -2.86. The van der Waals surface area contributed by atoms with Gasteiger partial charge in [-0.3, -0.25) is 0 Å². The summed E-state index contributed by atoms with van der Waals surface area (Å²) < 4.78 is 0. The van der Waals surface area contributed by atoms with Gasteiger partial charge in [-0.2, -0.15) is 0 Å². The fourth-order valence-electron chi connectivity index (χ4n) is 3.85. The zero-order valence-corrected chi connectivity index (χ0v) is 12.8. The highest BCUT2D eigenvalue weighted by Gasteiger charge is 2.23. The summed E-state index contributed by atoms with van der Waals surface area (Å²) >= 11 is 0. The Morgan fingerprint density at radius 1 is 0.522 bits per heavy atom. The average molecular weight is 292 g/mol. The summed E-state index contributed by atoms with van der Waals surface area (Å²) in [5.74, 6) is 0. The van der Waals surface area contributed by atoms with E-state index in [2.05, 4.69) is 84.9 Å². The van der Waals surface area contributed by atoms with Gasteiger partial charge in [0.15, 0.2) is 0 Å². The Morgan fingerprint density at radius 3 is 2.13 bits per heavy atom. The fourth-order valence-corrected chi connectivity index (χ4v) is 3.85. The normalized spacial score (nSPS) is 11.7. The fraction of sp³-hybridized carbons (Fsp3) is 0.0435. The molecule has 0 radical (unpaired) electrons. The zero-order chi connectivity index (χ0) is 15.2. The van der Waals surface area contributed by atoms with E-state index in [0.717, 1.165) is 6.42 Å². The highest BCUT2D eigenvalue weighted by atomic mass is 14.3. The van der Waals surface area contributed by atoms with Crippen molar-refractivity contribution in [3.63, 3.8) is 0 Å². The van der Waals surface area contributed by atoms with Crippen molar-refractivity contribution in [2.24, 2.45) is 0 Å². The van der Waals surface area contributed by atoms with Crippen molar-refractivity contribution in [3.8, 4) is 22.3 Å². The minimum Gasteiger partial charge on any atom is -0.0622 e. The van der Waals surface area contributed by atoms with Gasteiger partial charge >= 0.3 is 0 Å². The van der Waals surface area contributed by atoms with Gasteiger partial charge in [-0.25, -0.2) is 0 Å². The van der Waals surface area contributed by atoms with Crippen molar-refractivity contribution >= 4 is 10.8 Å². The molecule has 0 saturated carbocycles. The van der Waals surface area contributed by atoms with E-state index in [-0.39, 0.29) is 0 Å². The molecular weight excluding hydrogens is 276 g/mol. The minimum atomic E-state index is 0.981. The lowest BCUT2D eigenvalue weighted by molar-refractivity contribution is 1.20. The van der Waals surface area contributed by atoms with E-state index in [1.54, 1.807) is 0 Å². The predicted molar refractivity (Wildman–Crippen MR) is 97.6 cm³/mol. The summed E-state index contributed by atoms with van der Waals surface area (Å²) in [5.41, 5.74) is 8.34. The predicted octanol–water partition coefficient (Wildman–Crippen LogP) is 6.08. The highest BCUT2D eigenvalue weighted by molar-refractivity contribution is 6.16. The number of rotatable bonds is 2. The lowest BCUT2D eigenvalue weighted by Crippen LogP contribution is -1.91. The van der Waals surface area contributed by atoms with Gasteiger partial charge < -0.3 is 0 Å². The van der Waals surface area contributed by atoms with Crippen LogP contribution in [0.5, 0.6) is 0 Å². The third-order valence-corrected chi connectivity index (χ3v) is 4.86. The first-order chi connectivity index (χ1) is 11.4. The maximum atomic E-state index is 2.30. The molecule has 23 heavy (non-hydrogen) atoms. The van der Waals surface area contributed by atoms with Crippen LogP contribution in [-0.4, -0.2) is 0 Å². The molecule has 0 nitrogen and oxygen atoms in total. The molecule has 108 valence electrons. The molecule has 0 aliphatic heterocycles. The molecule has 0 fully saturated rings. The Labute approximate surface area is 136 Å². The van der Waals surface area contributed by atoms with E-state index in [1.807, 2.05) is 0 Å². The van der Waals surface area contributed by atoms with Crippen LogP contribution in [0.2, 0.25) is 0 Å². The summed E-state index contributed by atoms with van der Waals surface area (Å²) in [6, 6.07) is 30.8. The lowest BCUT2D eigenvalue weighted by Gasteiger charge is -2.10. The summed E-state index contributed by atoms with van der Waals surface area (Å²) in [6.07, 6.45) is 0.981. The molecule has 0 spiro atoms. The quantitative estimate of drug-likeness (QED) is 0.370. The van der Waals surface area contributed by atoms with Crippen molar-refractivity contribution in [1.29, 1.82) is 0 Å². The van der Waals surface area contributed by atoms with Crippen LogP contribution in [0.15, 0.2) is 84.9 Å². The Morgan fingerprint density at radius 2 is 1.26 bits per heavy atom. The van der Waals surface area contributed by atoms with E-state index in [9.17, 15) is 0 Å². The molecule has 0 unspecified atom stereocenters. The molecule has 4 aromatic rings. The average Bonchev–Trinajstić information content (AvgIpc) is 2.95. The third-order valence-electron chi connectivity index (χ3n) is 4.86. The van der Waals surface area contributed by atoms with Crippen LogP contribution in [0.25, 0.3) is 33.0 Å². The monoisotopic (exact) mass is 292 g/mol. The van der Waals surface area contributed by atoms with Crippen LogP contribution in [0, 0.1) is 0 Å². The largest absolute Gasteiger partial charge is 0.0622 e. The molecule has 0 heteroatoms. The van der Waals surface area contributed by atoms with Crippen molar-refractivity contribution in [1.82, 2.24) is 0 Å². The van der Waals surface area contributed by atoms with Gasteiger partial charge in [0.1, 0.15) is 0 Å². The van der Waals surface area contributed by atoms with Gasteiger partial charge in [0.05, 0.1) is 0 Å². The second kappa shape index (κ2) is 4.82. The number of hydrogen-bond acceptors (Lipinski definition) is 0. The van der Waals surface area contributed by atoms with Crippen LogP contribution in [0.1, 0.15) is 11.1 Å². The molecule has 4 aromatic carbocycles. The van der Waals surface area contributed by atoms with E-state index < -0.39 is 0 Å². The van der Waals surface area contributed by atoms with Crippen LogP contribution >= 0.6 is 0 Å². The summed E-state index contributed by atoms with van der Waals surface area (Å²) in [5, 5.41) is 2.76. The third kappa shape index (κ3) is 1.85. The second-order valence-electron chi connectivity index (χ2n) is 6.21. The molecule has 5 rings (SSSR count). The maximum absolute atomic E-state index is 2.30. The number of hydrogen-bond donors (Lipinski definition) is 0. The SMILES string of the molecule is c1ccc(Cc2ccc3cccc4c3c2-c2ccccc2-4)cc1. The van der Waals surface area contributed by atoms with Crippen LogP contribution in [-0.2, 0) is 6.42 Å². The first-order valence-electron chi connectivity index (χ1n) is 8.10. The second-order valence-corrected chi connectivity index (χ2v) is 6.21. The van der Waals surface area contributed by atoms with E-state index in [1.165, 1.54) is 44.2 Å². The molecule has 0 bridgehead atoms. The smallest absolute Gasteiger partial charge is 0.00194 e. The number of fused-ring (bicyclic) bond motifs is 3. The maximum Gasteiger partial charge on any atom is -0.00194 e. The van der Waals surface area contributed by atoms with E-state index in [4.69, 9.17) is 0 Å². The molecule has 0 aromatic heterocycles. The van der Waals surface area contributed by atoms with Gasteiger partial charge in [-0.15, -0.1) is 0 Å². The number of benzene rings is 4. The van der Waals surface area contributed by atoms with Crippen LogP contribution in [0.4, 0.5) is 0 Å². The molecule has 0 N–H and O–H groups in total. The minimum absolute atomic E-state index is 0.981. The van der Waals surface area contributed by atoms with Crippen molar-refractivity contribution in [3.05, 3.63) is 96.1 Å². The zero-order valence-electron chi connectivity index (χ0n) is 12.8. The highest BCUT2D eigenvalue weighted by Crippen LogP contribution is 2.48. The first kappa shape index (κ1) is 12.7. The van der Waals surface area contributed by atoms with Crippen molar-refractivity contribution in [2.75, 3.05) is 0 Å². The summed E-state index contributed by atoms with van der Waals surface area (Å²) in [4.78, 5) is 0. The Bertz CT molecular complexity index is 1030. The molecule has 0 heterocycles. The molecule has 0 amide bonds. The van der Waals surface area contributed by atoms with Crippen molar-refractivity contribution in [2.45, 2.75) is 6.42 Å². The standard InChI is InChI=1S/C23H16/c1-2-7-16(8-3-1)15-18-14-13-17-9-6-12-21-19-10-4-5-11-20(19)23(18)22(17)21/h1-14H,15H2. The Balaban J connectivity index is 1.81. The van der Waals surface area contributed by atoms with Gasteiger partial charge in [0, 0.05) is 0 Å². The van der Waals surface area contributed by atoms with Crippen molar-refractivity contribution < 1.29 is 0 Å².